The van der Waals surface area contributed by atoms with E-state index in [9.17, 15) is 13.2 Å². The van der Waals surface area contributed by atoms with Crippen molar-refractivity contribution < 1.29 is 13.2 Å². The van der Waals surface area contributed by atoms with Crippen LogP contribution in [0.4, 0.5) is 13.2 Å². The second kappa shape index (κ2) is 5.71. The van der Waals surface area contributed by atoms with Crippen LogP contribution < -0.4 is 0 Å². The highest BCUT2D eigenvalue weighted by Crippen LogP contribution is 2.38. The molecule has 7 nitrogen and oxygen atoms in total. The van der Waals surface area contributed by atoms with Crippen LogP contribution in [-0.4, -0.2) is 34.3 Å². The molecule has 0 aliphatic rings. The number of thiophene rings is 1. The molecule has 0 amide bonds. The Morgan fingerprint density at radius 1 is 1.21 bits per heavy atom. The van der Waals surface area contributed by atoms with Gasteiger partial charge < -0.3 is 0 Å². The highest BCUT2D eigenvalue weighted by atomic mass is 32.1. The van der Waals surface area contributed by atoms with Gasteiger partial charge in [0.25, 0.3) is 0 Å². The van der Waals surface area contributed by atoms with Gasteiger partial charge in [0, 0.05) is 18.1 Å². The van der Waals surface area contributed by atoms with Crippen molar-refractivity contribution in [3.63, 3.8) is 0 Å². The highest BCUT2D eigenvalue weighted by Gasteiger charge is 2.33. The largest absolute Gasteiger partial charge is 0.433 e. The number of hydrogen-bond acceptors (Lipinski definition) is 6. The molecule has 0 N–H and O–H groups in total. The molecule has 0 atom stereocenters. The average molecular weight is 403 g/mol. The number of rotatable bonds is 2. The summed E-state index contributed by atoms with van der Waals surface area (Å²) in [7, 11) is 0. The van der Waals surface area contributed by atoms with Gasteiger partial charge in [0.1, 0.15) is 21.6 Å². The number of fused-ring (bicyclic) bond motifs is 5. The average Bonchev–Trinajstić information content (AvgIpc) is 3.35. The molecule has 0 spiro atoms. The van der Waals surface area contributed by atoms with E-state index in [4.69, 9.17) is 0 Å². The Balaban J connectivity index is 1.77. The zero-order valence-electron chi connectivity index (χ0n) is 14.7. The minimum Gasteiger partial charge on any atom is -0.272 e. The monoisotopic (exact) mass is 403 g/mol. The maximum Gasteiger partial charge on any atom is 0.433 e. The fourth-order valence-electron chi connectivity index (χ4n) is 3.13. The first kappa shape index (κ1) is 17.0. The van der Waals surface area contributed by atoms with Crippen molar-refractivity contribution in [2.24, 2.45) is 0 Å². The smallest absolute Gasteiger partial charge is 0.272 e. The number of aromatic nitrogens is 7. The Kier molecular flexibility index (Phi) is 3.48. The van der Waals surface area contributed by atoms with Crippen LogP contribution >= 0.6 is 11.3 Å². The third-order valence-electron chi connectivity index (χ3n) is 4.47. The van der Waals surface area contributed by atoms with Gasteiger partial charge in [-0.2, -0.15) is 18.3 Å². The van der Waals surface area contributed by atoms with Crippen molar-refractivity contribution in [1.82, 2.24) is 34.3 Å². The molecule has 0 saturated carbocycles. The molecule has 11 heteroatoms. The van der Waals surface area contributed by atoms with Crippen LogP contribution in [0.3, 0.4) is 0 Å². The van der Waals surface area contributed by atoms with Crippen LogP contribution in [0, 0.1) is 6.92 Å². The quantitative estimate of drug-likeness (QED) is 0.444. The second-order valence-corrected chi connectivity index (χ2v) is 7.31. The lowest BCUT2D eigenvalue weighted by Gasteiger charge is -2.06. The van der Waals surface area contributed by atoms with Gasteiger partial charge in [-0.3, -0.25) is 4.68 Å². The van der Waals surface area contributed by atoms with E-state index in [2.05, 4.69) is 25.1 Å². The molecular formula is C17H12F3N7S. The lowest BCUT2D eigenvalue weighted by atomic mass is 10.1. The fourth-order valence-corrected chi connectivity index (χ4v) is 4.31. The van der Waals surface area contributed by atoms with Crippen molar-refractivity contribution in [2.75, 3.05) is 0 Å². The Hall–Kier alpha value is -3.08. The fraction of sp³-hybridized carbons (Fsp3) is 0.235. The minimum atomic E-state index is -4.50. The summed E-state index contributed by atoms with van der Waals surface area (Å²) in [6, 6.07) is 1.05. The van der Waals surface area contributed by atoms with E-state index in [1.165, 1.54) is 10.8 Å². The summed E-state index contributed by atoms with van der Waals surface area (Å²) in [5.74, 6) is 0.479. The maximum atomic E-state index is 13.1. The molecular weight excluding hydrogens is 391 g/mol. The van der Waals surface area contributed by atoms with Crippen molar-refractivity contribution >= 4 is 37.4 Å². The van der Waals surface area contributed by atoms with Crippen LogP contribution in [0.25, 0.3) is 37.5 Å². The summed E-state index contributed by atoms with van der Waals surface area (Å²) in [6.07, 6.45) is 0.530. The van der Waals surface area contributed by atoms with Gasteiger partial charge in [-0.15, -0.1) is 16.4 Å². The molecule has 5 heterocycles. The van der Waals surface area contributed by atoms with Gasteiger partial charge in [0.05, 0.1) is 17.3 Å². The Morgan fingerprint density at radius 2 is 2.04 bits per heavy atom. The summed E-state index contributed by atoms with van der Waals surface area (Å²) < 4.78 is 43.3. The SMILES string of the molecule is CCn1cc(-c2nc3c4sc5nc(C(F)(F)F)cc(C)c5c4ncn3n2)cn1. The number of alkyl halides is 3. The normalized spacial score (nSPS) is 12.6. The molecule has 0 radical (unpaired) electrons. The van der Waals surface area contributed by atoms with Crippen molar-refractivity contribution in [1.29, 1.82) is 0 Å². The molecule has 5 aromatic heterocycles. The summed E-state index contributed by atoms with van der Waals surface area (Å²) in [6.45, 7) is 4.33. The molecule has 0 aliphatic carbocycles. The first-order valence-electron chi connectivity index (χ1n) is 8.40. The summed E-state index contributed by atoms with van der Waals surface area (Å²) in [4.78, 5) is 13.1. The second-order valence-electron chi connectivity index (χ2n) is 6.31. The molecule has 5 aromatic rings. The van der Waals surface area contributed by atoms with E-state index in [1.807, 2.05) is 13.1 Å². The number of pyridine rings is 1. The van der Waals surface area contributed by atoms with Gasteiger partial charge in [-0.1, -0.05) is 0 Å². The van der Waals surface area contributed by atoms with Gasteiger partial charge >= 0.3 is 6.18 Å². The van der Waals surface area contributed by atoms with E-state index in [1.54, 1.807) is 17.8 Å². The molecule has 28 heavy (non-hydrogen) atoms. The molecule has 0 aliphatic heterocycles. The predicted octanol–water partition coefficient (Wildman–Crippen LogP) is 4.10. The first-order chi connectivity index (χ1) is 13.3. The Labute approximate surface area is 159 Å². The van der Waals surface area contributed by atoms with E-state index >= 15 is 0 Å². The van der Waals surface area contributed by atoms with Crippen LogP contribution in [0.1, 0.15) is 18.2 Å². The summed E-state index contributed by atoms with van der Waals surface area (Å²) >= 11 is 1.14. The third-order valence-corrected chi connectivity index (χ3v) is 5.54. The number of aryl methyl sites for hydroxylation is 2. The molecule has 0 unspecified atom stereocenters. The summed E-state index contributed by atoms with van der Waals surface area (Å²) in [5.41, 5.74) is 1.43. The van der Waals surface area contributed by atoms with Crippen molar-refractivity contribution in [3.05, 3.63) is 36.0 Å². The van der Waals surface area contributed by atoms with Gasteiger partial charge in [0.15, 0.2) is 11.5 Å². The van der Waals surface area contributed by atoms with Crippen LogP contribution in [0.5, 0.6) is 0 Å². The molecule has 0 saturated heterocycles. The predicted molar refractivity (Wildman–Crippen MR) is 98.1 cm³/mol. The zero-order valence-corrected chi connectivity index (χ0v) is 15.5. The molecule has 142 valence electrons. The summed E-state index contributed by atoms with van der Waals surface area (Å²) in [5, 5.41) is 9.26. The molecule has 0 aromatic carbocycles. The lowest BCUT2D eigenvalue weighted by molar-refractivity contribution is -0.141. The zero-order chi connectivity index (χ0) is 19.6. The highest BCUT2D eigenvalue weighted by molar-refractivity contribution is 7.26. The van der Waals surface area contributed by atoms with Gasteiger partial charge in [-0.25, -0.2) is 19.5 Å². The Bertz CT molecular complexity index is 1360. The van der Waals surface area contributed by atoms with E-state index in [0.717, 1.165) is 29.5 Å². The number of hydrogen-bond donors (Lipinski definition) is 0. The van der Waals surface area contributed by atoms with Gasteiger partial charge in [0.2, 0.25) is 0 Å². The standard InChI is InChI=1S/C17H12F3N7S/c1-3-26-6-9(5-22-26)14-24-15-13-12(21-7-27(15)25-14)11-8(2)4-10(17(18,19)20)23-16(11)28-13/h4-7H,3H2,1-2H3. The first-order valence-corrected chi connectivity index (χ1v) is 9.22. The minimum absolute atomic E-state index is 0.284. The number of halogens is 3. The van der Waals surface area contributed by atoms with Crippen LogP contribution in [0.15, 0.2) is 24.8 Å². The topological polar surface area (TPSA) is 73.8 Å². The van der Waals surface area contributed by atoms with E-state index < -0.39 is 11.9 Å². The van der Waals surface area contributed by atoms with Crippen molar-refractivity contribution in [3.8, 4) is 11.4 Å². The van der Waals surface area contributed by atoms with Crippen LogP contribution in [-0.2, 0) is 12.7 Å². The van der Waals surface area contributed by atoms with E-state index in [0.29, 0.717) is 32.6 Å². The van der Waals surface area contributed by atoms with Crippen LogP contribution in [0.2, 0.25) is 0 Å². The van der Waals surface area contributed by atoms with Crippen molar-refractivity contribution in [2.45, 2.75) is 26.6 Å². The maximum absolute atomic E-state index is 13.1. The number of nitrogens with zero attached hydrogens (tertiary/aromatic N) is 7. The molecule has 5 rings (SSSR count). The molecule has 0 bridgehead atoms. The Morgan fingerprint density at radius 3 is 2.75 bits per heavy atom. The van der Waals surface area contributed by atoms with Gasteiger partial charge in [-0.05, 0) is 25.5 Å². The van der Waals surface area contributed by atoms with E-state index in [-0.39, 0.29) is 4.83 Å². The lowest BCUT2D eigenvalue weighted by Crippen LogP contribution is -2.07. The molecule has 0 fully saturated rings. The third kappa shape index (κ3) is 2.46.